The summed E-state index contributed by atoms with van der Waals surface area (Å²) in [5.41, 5.74) is 1.83. The van der Waals surface area contributed by atoms with Crippen molar-refractivity contribution >= 4 is 5.91 Å². The normalized spacial score (nSPS) is 18.0. The molecule has 0 spiro atoms. The first-order valence-electron chi connectivity index (χ1n) is 8.93. The van der Waals surface area contributed by atoms with E-state index in [-0.39, 0.29) is 17.5 Å². The third-order valence-corrected chi connectivity index (χ3v) is 4.78. The Balaban J connectivity index is 1.56. The largest absolute Gasteiger partial charge is 0.352 e. The molecule has 1 aliphatic heterocycles. The highest BCUT2D eigenvalue weighted by molar-refractivity contribution is 5.76. The number of aromatic nitrogens is 1. The molecule has 5 heteroatoms. The highest BCUT2D eigenvalue weighted by Gasteiger charge is 2.25. The topological polar surface area (TPSA) is 65.2 Å². The Labute approximate surface area is 148 Å². The van der Waals surface area contributed by atoms with E-state index < -0.39 is 0 Å². The van der Waals surface area contributed by atoms with Crippen molar-refractivity contribution < 1.29 is 4.79 Å². The van der Waals surface area contributed by atoms with E-state index in [1.165, 1.54) is 0 Å². The highest BCUT2D eigenvalue weighted by atomic mass is 16.1. The van der Waals surface area contributed by atoms with Gasteiger partial charge in [-0.25, -0.2) is 0 Å². The summed E-state index contributed by atoms with van der Waals surface area (Å²) in [6.07, 6.45) is 5.39. The SMILES string of the molecule is O=C(CC1CCCCN1Cc1ccc[nH]c1=O)NCc1ccccc1. The number of carbonyl (C=O) groups is 1. The van der Waals surface area contributed by atoms with Gasteiger partial charge in [0.1, 0.15) is 0 Å². The van der Waals surface area contributed by atoms with E-state index in [1.807, 2.05) is 42.5 Å². The van der Waals surface area contributed by atoms with Gasteiger partial charge in [0.05, 0.1) is 0 Å². The lowest BCUT2D eigenvalue weighted by molar-refractivity contribution is -0.122. The molecule has 1 saturated heterocycles. The summed E-state index contributed by atoms with van der Waals surface area (Å²) in [6.45, 7) is 2.10. The van der Waals surface area contributed by atoms with E-state index in [4.69, 9.17) is 0 Å². The predicted molar refractivity (Wildman–Crippen MR) is 98.0 cm³/mol. The summed E-state index contributed by atoms with van der Waals surface area (Å²) in [5, 5.41) is 3.01. The van der Waals surface area contributed by atoms with E-state index in [0.29, 0.717) is 19.5 Å². The number of amides is 1. The fraction of sp³-hybridized carbons (Fsp3) is 0.400. The van der Waals surface area contributed by atoms with Gasteiger partial charge in [-0.05, 0) is 31.0 Å². The fourth-order valence-corrected chi connectivity index (χ4v) is 3.38. The lowest BCUT2D eigenvalue weighted by Gasteiger charge is -2.35. The number of hydrogen-bond donors (Lipinski definition) is 2. The summed E-state index contributed by atoms with van der Waals surface area (Å²) in [4.78, 5) is 29.3. The van der Waals surface area contributed by atoms with Crippen molar-refractivity contribution in [3.63, 3.8) is 0 Å². The van der Waals surface area contributed by atoms with Crippen LogP contribution in [0.4, 0.5) is 0 Å². The molecule has 0 bridgehead atoms. The smallest absolute Gasteiger partial charge is 0.252 e. The molecule has 0 aliphatic carbocycles. The minimum absolute atomic E-state index is 0.0413. The first-order chi connectivity index (χ1) is 12.2. The van der Waals surface area contributed by atoms with Crippen molar-refractivity contribution in [3.05, 3.63) is 70.1 Å². The number of likely N-dealkylation sites (tertiary alicyclic amines) is 1. The zero-order valence-electron chi connectivity index (χ0n) is 14.4. The third kappa shape index (κ3) is 5.03. The predicted octanol–water partition coefficient (Wildman–Crippen LogP) is 2.44. The summed E-state index contributed by atoms with van der Waals surface area (Å²) in [5.74, 6) is 0.0720. The van der Waals surface area contributed by atoms with Gasteiger partial charge in [0.25, 0.3) is 5.56 Å². The molecule has 132 valence electrons. The van der Waals surface area contributed by atoms with Crippen LogP contribution < -0.4 is 10.9 Å². The van der Waals surface area contributed by atoms with Crippen LogP contribution in [0.5, 0.6) is 0 Å². The number of benzene rings is 1. The van der Waals surface area contributed by atoms with E-state index in [9.17, 15) is 9.59 Å². The molecule has 1 fully saturated rings. The van der Waals surface area contributed by atoms with Crippen LogP contribution in [0.3, 0.4) is 0 Å². The highest BCUT2D eigenvalue weighted by Crippen LogP contribution is 2.21. The van der Waals surface area contributed by atoms with Gasteiger partial charge in [0, 0.05) is 37.3 Å². The van der Waals surface area contributed by atoms with Gasteiger partial charge in [-0.15, -0.1) is 0 Å². The molecule has 5 nitrogen and oxygen atoms in total. The number of piperidine rings is 1. The average Bonchev–Trinajstić information content (AvgIpc) is 2.64. The average molecular weight is 339 g/mol. The van der Waals surface area contributed by atoms with Crippen molar-refractivity contribution in [2.75, 3.05) is 6.54 Å². The van der Waals surface area contributed by atoms with Crippen LogP contribution in [0.1, 0.15) is 36.8 Å². The molecule has 0 radical (unpaired) electrons. The third-order valence-electron chi connectivity index (χ3n) is 4.78. The Kier molecular flexibility index (Phi) is 6.01. The maximum absolute atomic E-state index is 12.3. The van der Waals surface area contributed by atoms with Crippen LogP contribution in [-0.2, 0) is 17.9 Å². The molecule has 25 heavy (non-hydrogen) atoms. The van der Waals surface area contributed by atoms with E-state index in [1.54, 1.807) is 6.20 Å². The number of carbonyl (C=O) groups excluding carboxylic acids is 1. The Hall–Kier alpha value is -2.40. The second-order valence-corrected chi connectivity index (χ2v) is 6.61. The summed E-state index contributed by atoms with van der Waals surface area (Å²) in [6, 6.07) is 13.8. The van der Waals surface area contributed by atoms with E-state index >= 15 is 0 Å². The van der Waals surface area contributed by atoms with E-state index in [0.717, 1.165) is 36.9 Å². The second kappa shape index (κ2) is 8.62. The van der Waals surface area contributed by atoms with Gasteiger partial charge in [-0.2, -0.15) is 0 Å². The van der Waals surface area contributed by atoms with Crippen LogP contribution in [-0.4, -0.2) is 28.4 Å². The molecule has 1 aromatic heterocycles. The Morgan fingerprint density at radius 3 is 2.80 bits per heavy atom. The first-order valence-corrected chi connectivity index (χ1v) is 8.93. The number of aromatic amines is 1. The summed E-state index contributed by atoms with van der Waals surface area (Å²) in [7, 11) is 0. The lowest BCUT2D eigenvalue weighted by Crippen LogP contribution is -2.43. The van der Waals surface area contributed by atoms with Crippen molar-refractivity contribution in [1.29, 1.82) is 0 Å². The molecule has 1 aliphatic rings. The Morgan fingerprint density at radius 1 is 1.16 bits per heavy atom. The molecular formula is C20H25N3O2. The number of pyridine rings is 1. The molecule has 1 amide bonds. The van der Waals surface area contributed by atoms with Crippen LogP contribution in [0.15, 0.2) is 53.5 Å². The minimum atomic E-state index is -0.0413. The summed E-state index contributed by atoms with van der Waals surface area (Å²) < 4.78 is 0. The second-order valence-electron chi connectivity index (χ2n) is 6.61. The van der Waals surface area contributed by atoms with Gasteiger partial charge >= 0.3 is 0 Å². The van der Waals surface area contributed by atoms with Crippen molar-refractivity contribution in [2.24, 2.45) is 0 Å². The van der Waals surface area contributed by atoms with E-state index in [2.05, 4.69) is 15.2 Å². The number of nitrogens with zero attached hydrogens (tertiary/aromatic N) is 1. The lowest BCUT2D eigenvalue weighted by atomic mass is 9.98. The summed E-state index contributed by atoms with van der Waals surface area (Å²) >= 11 is 0. The van der Waals surface area contributed by atoms with Gasteiger partial charge in [-0.1, -0.05) is 42.8 Å². The zero-order valence-corrected chi connectivity index (χ0v) is 14.4. The molecule has 2 N–H and O–H groups in total. The van der Waals surface area contributed by atoms with Crippen molar-refractivity contribution in [1.82, 2.24) is 15.2 Å². The fourth-order valence-electron chi connectivity index (χ4n) is 3.38. The number of rotatable bonds is 6. The minimum Gasteiger partial charge on any atom is -0.352 e. The molecule has 1 unspecified atom stereocenters. The van der Waals surface area contributed by atoms with Gasteiger partial charge < -0.3 is 10.3 Å². The van der Waals surface area contributed by atoms with Crippen LogP contribution in [0, 0.1) is 0 Å². The maximum atomic E-state index is 12.3. The molecule has 1 aromatic carbocycles. The number of H-pyrrole nitrogens is 1. The number of hydrogen-bond acceptors (Lipinski definition) is 3. The Bertz CT molecular complexity index is 742. The molecule has 0 saturated carbocycles. The van der Waals surface area contributed by atoms with Gasteiger partial charge in [0.2, 0.25) is 5.91 Å². The Morgan fingerprint density at radius 2 is 2.00 bits per heavy atom. The maximum Gasteiger partial charge on any atom is 0.252 e. The van der Waals surface area contributed by atoms with Gasteiger partial charge in [-0.3, -0.25) is 14.5 Å². The quantitative estimate of drug-likeness (QED) is 0.849. The van der Waals surface area contributed by atoms with Crippen LogP contribution in [0.2, 0.25) is 0 Å². The molecule has 1 atom stereocenters. The van der Waals surface area contributed by atoms with Gasteiger partial charge in [0.15, 0.2) is 0 Å². The first kappa shape index (κ1) is 17.4. The zero-order chi connectivity index (χ0) is 17.5. The van der Waals surface area contributed by atoms with Crippen molar-refractivity contribution in [3.8, 4) is 0 Å². The van der Waals surface area contributed by atoms with Crippen LogP contribution in [0.25, 0.3) is 0 Å². The molecule has 3 rings (SSSR count). The molecule has 2 heterocycles. The monoisotopic (exact) mass is 339 g/mol. The number of nitrogens with one attached hydrogen (secondary N) is 2. The standard InChI is InChI=1S/C20H25N3O2/c24-19(22-14-16-7-2-1-3-8-16)13-18-10-4-5-12-23(18)15-17-9-6-11-21-20(17)25/h1-3,6-9,11,18H,4-5,10,12-15H2,(H,21,25)(H,22,24). The van der Waals surface area contributed by atoms with Crippen molar-refractivity contribution in [2.45, 2.75) is 44.8 Å². The molecular weight excluding hydrogens is 314 g/mol. The molecule has 2 aromatic rings. The van der Waals surface area contributed by atoms with Crippen LogP contribution >= 0.6 is 0 Å².